The molecule has 1 aromatic heterocycles. The Morgan fingerprint density at radius 1 is 1.56 bits per heavy atom. The van der Waals surface area contributed by atoms with Crippen LogP contribution in [-0.2, 0) is 16.1 Å². The molecular formula is C11H18N2O3. The molecule has 0 aliphatic carbocycles. The minimum absolute atomic E-state index is 0.165. The van der Waals surface area contributed by atoms with Crippen molar-refractivity contribution in [2.75, 3.05) is 13.7 Å². The van der Waals surface area contributed by atoms with Crippen molar-refractivity contribution >= 4 is 5.97 Å². The smallest absolute Gasteiger partial charge is 0.309 e. The van der Waals surface area contributed by atoms with Crippen LogP contribution in [0.1, 0.15) is 24.3 Å². The molecule has 1 heterocycles. The van der Waals surface area contributed by atoms with E-state index >= 15 is 0 Å². The summed E-state index contributed by atoms with van der Waals surface area (Å²) in [6.45, 7) is 6.66. The van der Waals surface area contributed by atoms with Crippen LogP contribution in [0.15, 0.2) is 4.42 Å². The highest BCUT2D eigenvalue weighted by atomic mass is 16.5. The van der Waals surface area contributed by atoms with Crippen molar-refractivity contribution in [2.24, 2.45) is 5.92 Å². The van der Waals surface area contributed by atoms with Gasteiger partial charge in [-0.1, -0.05) is 6.92 Å². The maximum Gasteiger partial charge on any atom is 0.309 e. The molecule has 1 rings (SSSR count). The molecule has 0 aliphatic rings. The summed E-state index contributed by atoms with van der Waals surface area (Å²) in [5.74, 6) is 1.10. The van der Waals surface area contributed by atoms with E-state index in [4.69, 9.17) is 4.42 Å². The number of carbonyl (C=O) groups excluding carboxylic acids is 1. The maximum absolute atomic E-state index is 11.1. The minimum Gasteiger partial charge on any atom is -0.469 e. The van der Waals surface area contributed by atoms with E-state index in [1.807, 2.05) is 20.8 Å². The molecular weight excluding hydrogens is 208 g/mol. The third kappa shape index (κ3) is 3.34. The van der Waals surface area contributed by atoms with Crippen LogP contribution in [0.3, 0.4) is 0 Å². The molecule has 0 spiro atoms. The Kier molecular flexibility index (Phi) is 4.49. The van der Waals surface area contributed by atoms with E-state index in [1.165, 1.54) is 7.11 Å². The first kappa shape index (κ1) is 12.7. The van der Waals surface area contributed by atoms with E-state index < -0.39 is 0 Å². The van der Waals surface area contributed by atoms with Crippen LogP contribution in [0.25, 0.3) is 0 Å². The summed E-state index contributed by atoms with van der Waals surface area (Å²) in [7, 11) is 1.39. The van der Waals surface area contributed by atoms with Gasteiger partial charge in [0.25, 0.3) is 0 Å². The number of esters is 1. The van der Waals surface area contributed by atoms with E-state index in [1.54, 1.807) is 0 Å². The van der Waals surface area contributed by atoms with Crippen LogP contribution >= 0.6 is 0 Å². The van der Waals surface area contributed by atoms with Crippen LogP contribution in [0.4, 0.5) is 0 Å². The third-order valence-corrected chi connectivity index (χ3v) is 2.40. The lowest BCUT2D eigenvalue weighted by Gasteiger charge is -2.08. The molecule has 0 amide bonds. The van der Waals surface area contributed by atoms with Gasteiger partial charge >= 0.3 is 5.97 Å². The van der Waals surface area contributed by atoms with Crippen molar-refractivity contribution in [1.82, 2.24) is 10.3 Å². The molecule has 0 aliphatic heterocycles. The van der Waals surface area contributed by atoms with E-state index in [9.17, 15) is 4.79 Å². The Morgan fingerprint density at radius 3 is 2.75 bits per heavy atom. The lowest BCUT2D eigenvalue weighted by atomic mass is 10.2. The summed E-state index contributed by atoms with van der Waals surface area (Å²) >= 11 is 0. The van der Waals surface area contributed by atoms with Gasteiger partial charge in [0, 0.05) is 6.54 Å². The second-order valence-corrected chi connectivity index (χ2v) is 3.80. The van der Waals surface area contributed by atoms with Crippen molar-refractivity contribution in [1.29, 1.82) is 0 Å². The fraction of sp³-hybridized carbons (Fsp3) is 0.636. The molecule has 16 heavy (non-hydrogen) atoms. The van der Waals surface area contributed by atoms with Crippen LogP contribution in [-0.4, -0.2) is 24.6 Å². The number of carbonyl (C=O) groups is 1. The zero-order valence-electron chi connectivity index (χ0n) is 10.2. The van der Waals surface area contributed by atoms with Crippen LogP contribution in [0.5, 0.6) is 0 Å². The Bertz CT molecular complexity index is 341. The van der Waals surface area contributed by atoms with Gasteiger partial charge in [0.1, 0.15) is 5.76 Å². The monoisotopic (exact) mass is 226 g/mol. The SMILES string of the molecule is COC(=O)C(C)CNCc1nc(C)c(C)o1. The molecule has 0 saturated heterocycles. The normalized spacial score (nSPS) is 12.5. The highest BCUT2D eigenvalue weighted by Gasteiger charge is 2.13. The predicted octanol–water partition coefficient (Wildman–Crippen LogP) is 1.19. The molecule has 5 heteroatoms. The number of methoxy groups -OCH3 is 1. The van der Waals surface area contributed by atoms with Crippen LogP contribution < -0.4 is 5.32 Å². The highest BCUT2D eigenvalue weighted by Crippen LogP contribution is 2.07. The summed E-state index contributed by atoms with van der Waals surface area (Å²) in [5, 5.41) is 3.10. The Balaban J connectivity index is 2.33. The fourth-order valence-corrected chi connectivity index (χ4v) is 1.29. The van der Waals surface area contributed by atoms with E-state index in [2.05, 4.69) is 15.0 Å². The topological polar surface area (TPSA) is 64.4 Å². The highest BCUT2D eigenvalue weighted by molar-refractivity contribution is 5.71. The lowest BCUT2D eigenvalue weighted by Crippen LogP contribution is -2.27. The Labute approximate surface area is 95.2 Å². The number of nitrogens with zero attached hydrogens (tertiary/aromatic N) is 1. The van der Waals surface area contributed by atoms with E-state index in [0.717, 1.165) is 11.5 Å². The van der Waals surface area contributed by atoms with Crippen molar-refractivity contribution in [3.8, 4) is 0 Å². The summed E-state index contributed by atoms with van der Waals surface area (Å²) in [4.78, 5) is 15.3. The van der Waals surface area contributed by atoms with Crippen molar-refractivity contribution in [3.63, 3.8) is 0 Å². The predicted molar refractivity (Wildman–Crippen MR) is 58.9 cm³/mol. The first-order valence-electron chi connectivity index (χ1n) is 5.26. The standard InChI is InChI=1S/C11H18N2O3/c1-7(11(14)15-4)5-12-6-10-13-8(2)9(3)16-10/h7,12H,5-6H2,1-4H3. The van der Waals surface area contributed by atoms with Crippen LogP contribution in [0.2, 0.25) is 0 Å². The number of aromatic nitrogens is 1. The molecule has 1 aromatic rings. The van der Waals surface area contributed by atoms with Gasteiger partial charge in [-0.25, -0.2) is 4.98 Å². The third-order valence-electron chi connectivity index (χ3n) is 2.40. The summed E-state index contributed by atoms with van der Waals surface area (Å²) in [6, 6.07) is 0. The Hall–Kier alpha value is -1.36. The molecule has 0 saturated carbocycles. The number of rotatable bonds is 5. The quantitative estimate of drug-likeness (QED) is 0.764. The molecule has 0 fully saturated rings. The van der Waals surface area contributed by atoms with E-state index in [-0.39, 0.29) is 11.9 Å². The van der Waals surface area contributed by atoms with Gasteiger partial charge in [-0.2, -0.15) is 0 Å². The molecule has 0 radical (unpaired) electrons. The number of nitrogens with one attached hydrogen (secondary N) is 1. The van der Waals surface area contributed by atoms with Gasteiger partial charge in [0.15, 0.2) is 0 Å². The second kappa shape index (κ2) is 5.65. The van der Waals surface area contributed by atoms with Gasteiger partial charge in [-0.05, 0) is 13.8 Å². The average molecular weight is 226 g/mol. The second-order valence-electron chi connectivity index (χ2n) is 3.80. The van der Waals surface area contributed by atoms with Crippen molar-refractivity contribution < 1.29 is 13.9 Å². The average Bonchev–Trinajstić information content (AvgIpc) is 2.57. The summed E-state index contributed by atoms with van der Waals surface area (Å²) in [6.07, 6.45) is 0. The van der Waals surface area contributed by atoms with Gasteiger partial charge in [-0.15, -0.1) is 0 Å². The number of ether oxygens (including phenoxy) is 1. The van der Waals surface area contributed by atoms with Gasteiger partial charge in [0.05, 0.1) is 25.3 Å². The fourth-order valence-electron chi connectivity index (χ4n) is 1.29. The molecule has 0 aromatic carbocycles. The number of aryl methyl sites for hydroxylation is 2. The van der Waals surface area contributed by atoms with Gasteiger partial charge in [0.2, 0.25) is 5.89 Å². The maximum atomic E-state index is 11.1. The molecule has 5 nitrogen and oxygen atoms in total. The zero-order valence-corrected chi connectivity index (χ0v) is 10.2. The molecule has 90 valence electrons. The number of hydrogen-bond donors (Lipinski definition) is 1. The van der Waals surface area contributed by atoms with Crippen molar-refractivity contribution in [2.45, 2.75) is 27.3 Å². The van der Waals surface area contributed by atoms with Gasteiger partial charge < -0.3 is 14.5 Å². The summed E-state index contributed by atoms with van der Waals surface area (Å²) < 4.78 is 10.0. The minimum atomic E-state index is -0.215. The lowest BCUT2D eigenvalue weighted by molar-refractivity contribution is -0.144. The molecule has 1 unspecified atom stereocenters. The zero-order chi connectivity index (χ0) is 12.1. The van der Waals surface area contributed by atoms with E-state index in [0.29, 0.717) is 19.0 Å². The number of oxazole rings is 1. The largest absolute Gasteiger partial charge is 0.469 e. The summed E-state index contributed by atoms with van der Waals surface area (Å²) in [5.41, 5.74) is 0.901. The first-order chi connectivity index (χ1) is 7.54. The number of hydrogen-bond acceptors (Lipinski definition) is 5. The molecule has 1 atom stereocenters. The van der Waals surface area contributed by atoms with Crippen LogP contribution in [0, 0.1) is 19.8 Å². The molecule has 1 N–H and O–H groups in total. The first-order valence-corrected chi connectivity index (χ1v) is 5.26. The van der Waals surface area contributed by atoms with Gasteiger partial charge in [-0.3, -0.25) is 4.79 Å². The van der Waals surface area contributed by atoms with Crippen molar-refractivity contribution in [3.05, 3.63) is 17.3 Å². The Morgan fingerprint density at radius 2 is 2.25 bits per heavy atom. The molecule has 0 bridgehead atoms.